The molecule has 96 valence electrons. The Bertz CT molecular complexity index is 432. The molecule has 0 saturated carbocycles. The van der Waals surface area contributed by atoms with Crippen molar-refractivity contribution >= 4 is 51.4 Å². The summed E-state index contributed by atoms with van der Waals surface area (Å²) in [6, 6.07) is 1.51. The van der Waals surface area contributed by atoms with Gasteiger partial charge in [0.05, 0.1) is 9.23 Å². The van der Waals surface area contributed by atoms with Crippen LogP contribution >= 0.6 is 34.5 Å². The standard InChI is InChI=1S/C10H13Cl2NO2S2/c1-6(2)3-4-9(14)13-17(15)7-5-8(11)16-10(7)12/h5-6H,3-4H2,1-2H3,(H,13,14). The summed E-state index contributed by atoms with van der Waals surface area (Å²) in [5.74, 6) is 0.198. The minimum Gasteiger partial charge on any atom is -0.274 e. The van der Waals surface area contributed by atoms with Gasteiger partial charge in [-0.1, -0.05) is 37.0 Å². The number of carbonyl (C=O) groups is 1. The highest BCUT2D eigenvalue weighted by Crippen LogP contribution is 2.32. The minimum atomic E-state index is -1.62. The molecule has 1 aromatic heterocycles. The first kappa shape index (κ1) is 15.0. The van der Waals surface area contributed by atoms with E-state index in [1.54, 1.807) is 0 Å². The van der Waals surface area contributed by atoms with Crippen molar-refractivity contribution in [3.8, 4) is 0 Å². The fourth-order valence-electron chi connectivity index (χ4n) is 1.08. The van der Waals surface area contributed by atoms with Gasteiger partial charge in [0.15, 0.2) is 11.0 Å². The van der Waals surface area contributed by atoms with Crippen molar-refractivity contribution in [2.75, 3.05) is 0 Å². The SMILES string of the molecule is CC(C)CCC(=O)NS(=O)c1cc(Cl)sc1Cl. The molecule has 0 saturated heterocycles. The summed E-state index contributed by atoms with van der Waals surface area (Å²) in [6.45, 7) is 4.06. The topological polar surface area (TPSA) is 46.2 Å². The predicted molar refractivity (Wildman–Crippen MR) is 73.0 cm³/mol. The second-order valence-corrected chi connectivity index (χ2v) is 7.38. The number of thiophene rings is 1. The second-order valence-electron chi connectivity index (χ2n) is 3.91. The van der Waals surface area contributed by atoms with E-state index in [9.17, 15) is 9.00 Å². The van der Waals surface area contributed by atoms with E-state index in [1.165, 1.54) is 6.07 Å². The lowest BCUT2D eigenvalue weighted by molar-refractivity contribution is -0.119. The van der Waals surface area contributed by atoms with Crippen LogP contribution in [0.15, 0.2) is 11.0 Å². The minimum absolute atomic E-state index is 0.240. The molecule has 0 aliphatic rings. The van der Waals surface area contributed by atoms with Crippen LogP contribution in [-0.2, 0) is 15.8 Å². The molecule has 0 aliphatic carbocycles. The number of hydrogen-bond donors (Lipinski definition) is 1. The van der Waals surface area contributed by atoms with Crippen molar-refractivity contribution < 1.29 is 9.00 Å². The van der Waals surface area contributed by atoms with E-state index in [4.69, 9.17) is 23.2 Å². The Morgan fingerprint density at radius 1 is 1.53 bits per heavy atom. The third-order valence-corrected chi connectivity index (χ3v) is 4.84. The van der Waals surface area contributed by atoms with E-state index < -0.39 is 11.0 Å². The molecule has 0 spiro atoms. The first-order valence-electron chi connectivity index (χ1n) is 5.06. The highest BCUT2D eigenvalue weighted by molar-refractivity contribution is 7.84. The fraction of sp³-hybridized carbons (Fsp3) is 0.500. The van der Waals surface area contributed by atoms with Crippen LogP contribution in [-0.4, -0.2) is 10.1 Å². The zero-order valence-electron chi connectivity index (χ0n) is 9.46. The van der Waals surface area contributed by atoms with Crippen LogP contribution in [0.5, 0.6) is 0 Å². The highest BCUT2D eigenvalue weighted by atomic mass is 35.5. The van der Waals surface area contributed by atoms with Crippen LogP contribution < -0.4 is 4.72 Å². The lowest BCUT2D eigenvalue weighted by Crippen LogP contribution is -2.25. The van der Waals surface area contributed by atoms with E-state index in [1.807, 2.05) is 13.8 Å². The molecular formula is C10H13Cl2NO2S2. The first-order valence-corrected chi connectivity index (χ1v) is 7.78. The van der Waals surface area contributed by atoms with Crippen molar-refractivity contribution in [2.45, 2.75) is 31.6 Å². The number of nitrogens with one attached hydrogen (secondary N) is 1. The van der Waals surface area contributed by atoms with Gasteiger partial charge < -0.3 is 0 Å². The third kappa shape index (κ3) is 4.95. The average molecular weight is 314 g/mol. The van der Waals surface area contributed by atoms with Gasteiger partial charge >= 0.3 is 0 Å². The molecule has 1 aromatic rings. The van der Waals surface area contributed by atoms with Gasteiger partial charge in [-0.25, -0.2) is 4.21 Å². The van der Waals surface area contributed by atoms with Crippen molar-refractivity contribution in [1.29, 1.82) is 0 Å². The number of halogens is 2. The quantitative estimate of drug-likeness (QED) is 0.902. The highest BCUT2D eigenvalue weighted by Gasteiger charge is 2.15. The van der Waals surface area contributed by atoms with Crippen molar-refractivity contribution in [3.63, 3.8) is 0 Å². The first-order chi connectivity index (χ1) is 7.90. The monoisotopic (exact) mass is 313 g/mol. The maximum absolute atomic E-state index is 11.8. The zero-order chi connectivity index (χ0) is 13.0. The van der Waals surface area contributed by atoms with E-state index in [0.29, 0.717) is 25.9 Å². The Labute approximate surface area is 117 Å². The van der Waals surface area contributed by atoms with Gasteiger partial charge in [0.25, 0.3) is 0 Å². The summed E-state index contributed by atoms with van der Waals surface area (Å²) in [5.41, 5.74) is 0. The van der Waals surface area contributed by atoms with Gasteiger partial charge in [-0.05, 0) is 18.4 Å². The summed E-state index contributed by atoms with van der Waals surface area (Å²) in [7, 11) is -1.62. The molecule has 1 rings (SSSR count). The maximum atomic E-state index is 11.8. The largest absolute Gasteiger partial charge is 0.274 e. The van der Waals surface area contributed by atoms with Crippen LogP contribution in [0.3, 0.4) is 0 Å². The third-order valence-electron chi connectivity index (χ3n) is 1.98. The lowest BCUT2D eigenvalue weighted by atomic mass is 10.1. The van der Waals surface area contributed by atoms with Crippen LogP contribution in [0.2, 0.25) is 8.67 Å². The Kier molecular flexibility index (Phi) is 5.92. The van der Waals surface area contributed by atoms with E-state index in [2.05, 4.69) is 4.72 Å². The Hall–Kier alpha value is -0.100. The number of hydrogen-bond acceptors (Lipinski definition) is 3. The Morgan fingerprint density at radius 2 is 2.18 bits per heavy atom. The fourth-order valence-corrected chi connectivity index (χ4v) is 3.84. The molecule has 0 fully saturated rings. The van der Waals surface area contributed by atoms with Gasteiger partial charge in [0, 0.05) is 6.42 Å². The molecule has 0 radical (unpaired) electrons. The van der Waals surface area contributed by atoms with E-state index in [0.717, 1.165) is 17.8 Å². The predicted octanol–water partition coefficient (Wildman–Crippen LogP) is 3.63. The molecule has 1 unspecified atom stereocenters. The molecule has 0 aromatic carbocycles. The van der Waals surface area contributed by atoms with Gasteiger partial charge in [-0.2, -0.15) is 0 Å². The van der Waals surface area contributed by atoms with Crippen LogP contribution in [0.25, 0.3) is 0 Å². The molecule has 1 atom stereocenters. The molecule has 0 bridgehead atoms. The molecule has 1 heterocycles. The van der Waals surface area contributed by atoms with E-state index in [-0.39, 0.29) is 5.91 Å². The van der Waals surface area contributed by atoms with Gasteiger partial charge in [0.1, 0.15) is 4.34 Å². The molecular weight excluding hydrogens is 301 g/mol. The summed E-state index contributed by atoms with van der Waals surface area (Å²) in [5, 5.41) is 0. The van der Waals surface area contributed by atoms with E-state index >= 15 is 0 Å². The van der Waals surface area contributed by atoms with Crippen molar-refractivity contribution in [3.05, 3.63) is 14.7 Å². The Morgan fingerprint density at radius 3 is 2.65 bits per heavy atom. The Balaban J connectivity index is 2.55. The summed E-state index contributed by atoms with van der Waals surface area (Å²) < 4.78 is 15.0. The van der Waals surface area contributed by atoms with Gasteiger partial charge in [-0.3, -0.25) is 9.52 Å². The van der Waals surface area contributed by atoms with Crippen LogP contribution in [0.4, 0.5) is 0 Å². The summed E-state index contributed by atoms with van der Waals surface area (Å²) in [4.78, 5) is 11.8. The molecule has 1 amide bonds. The smallest absolute Gasteiger partial charge is 0.231 e. The average Bonchev–Trinajstić information content (AvgIpc) is 2.55. The number of amides is 1. The number of carbonyl (C=O) groups excluding carboxylic acids is 1. The second kappa shape index (κ2) is 6.73. The van der Waals surface area contributed by atoms with Gasteiger partial charge in [-0.15, -0.1) is 11.3 Å². The zero-order valence-corrected chi connectivity index (χ0v) is 12.6. The number of rotatable bonds is 5. The van der Waals surface area contributed by atoms with Crippen LogP contribution in [0, 0.1) is 5.92 Å². The van der Waals surface area contributed by atoms with Crippen LogP contribution in [0.1, 0.15) is 26.7 Å². The van der Waals surface area contributed by atoms with Crippen molar-refractivity contribution in [2.24, 2.45) is 5.92 Å². The molecule has 7 heteroatoms. The summed E-state index contributed by atoms with van der Waals surface area (Å²) in [6.07, 6.45) is 1.13. The lowest BCUT2D eigenvalue weighted by Gasteiger charge is -2.05. The maximum Gasteiger partial charge on any atom is 0.231 e. The van der Waals surface area contributed by atoms with Crippen molar-refractivity contribution in [1.82, 2.24) is 4.72 Å². The molecule has 17 heavy (non-hydrogen) atoms. The molecule has 3 nitrogen and oxygen atoms in total. The summed E-state index contributed by atoms with van der Waals surface area (Å²) >= 11 is 12.7. The molecule has 0 aliphatic heterocycles. The van der Waals surface area contributed by atoms with Gasteiger partial charge in [0.2, 0.25) is 5.91 Å². The molecule has 1 N–H and O–H groups in total. The normalized spacial score (nSPS) is 12.8.